The van der Waals surface area contributed by atoms with E-state index in [-0.39, 0.29) is 0 Å². The topological polar surface area (TPSA) is 3.24 Å². The van der Waals surface area contributed by atoms with Crippen LogP contribution in [0.3, 0.4) is 0 Å². The van der Waals surface area contributed by atoms with Gasteiger partial charge in [0.2, 0.25) is 0 Å². The summed E-state index contributed by atoms with van der Waals surface area (Å²) in [4.78, 5) is 2.50. The van der Waals surface area contributed by atoms with Crippen LogP contribution in [0.2, 0.25) is 0 Å². The van der Waals surface area contributed by atoms with Crippen LogP contribution in [0.4, 0.5) is 17.1 Å². The van der Waals surface area contributed by atoms with E-state index in [2.05, 4.69) is 268 Å². The molecule has 0 heterocycles. The summed E-state index contributed by atoms with van der Waals surface area (Å²) in [5, 5.41) is 0. The van der Waals surface area contributed by atoms with Gasteiger partial charge >= 0.3 is 0 Å². The van der Waals surface area contributed by atoms with Gasteiger partial charge in [0.1, 0.15) is 0 Å². The van der Waals surface area contributed by atoms with Crippen LogP contribution >= 0.6 is 0 Å². The first-order valence-corrected chi connectivity index (χ1v) is 24.4. The molecule has 0 saturated carbocycles. The van der Waals surface area contributed by atoms with Gasteiger partial charge in [0.25, 0.3) is 0 Å². The molecule has 0 unspecified atom stereocenters. The summed E-state index contributed by atoms with van der Waals surface area (Å²) in [6.45, 7) is 16.4. The Balaban J connectivity index is 1.16. The van der Waals surface area contributed by atoms with Gasteiger partial charge in [-0.25, -0.2) is 0 Å². The fraction of sp³-hybridized carbons (Fsp3) is 0.0286. The van der Waals surface area contributed by atoms with Crippen molar-refractivity contribution in [1.29, 1.82) is 0 Å². The molecule has 10 aromatic rings. The molecule has 336 valence electrons. The van der Waals surface area contributed by atoms with Crippen molar-refractivity contribution in [3.8, 4) is 33.4 Å². The zero-order chi connectivity index (χ0) is 48.1. The van der Waals surface area contributed by atoms with Crippen molar-refractivity contribution in [2.24, 2.45) is 0 Å². The van der Waals surface area contributed by atoms with Gasteiger partial charge in [0.15, 0.2) is 0 Å². The van der Waals surface area contributed by atoms with Crippen molar-refractivity contribution < 1.29 is 0 Å². The summed E-state index contributed by atoms with van der Waals surface area (Å²) in [6, 6.07) is 87.7. The molecule has 1 nitrogen and oxygen atoms in total. The SMILES string of the molecule is C=Cc1ccc(C2(c3ccc(C=C)cc3)c3ccccc3-c3ccc(N(c4ccc(-c5ccccc5)cc4)c4cccc5c4-c4ccccc4C5(c4ccc(C=C)cc4)c4ccc(C=C)cc4)cc32)cc1. The summed E-state index contributed by atoms with van der Waals surface area (Å²) in [7, 11) is 0. The highest BCUT2D eigenvalue weighted by Gasteiger charge is 2.49. The van der Waals surface area contributed by atoms with Crippen LogP contribution in [-0.4, -0.2) is 0 Å². The summed E-state index contributed by atoms with van der Waals surface area (Å²) in [5.41, 5.74) is 23.2. The molecule has 0 fully saturated rings. The number of nitrogens with zero attached hydrogens (tertiary/aromatic N) is 1. The predicted octanol–water partition coefficient (Wildman–Crippen LogP) is 18.1. The van der Waals surface area contributed by atoms with Crippen LogP contribution in [0.15, 0.2) is 263 Å². The number of benzene rings is 10. The van der Waals surface area contributed by atoms with Crippen LogP contribution in [0.5, 0.6) is 0 Å². The van der Waals surface area contributed by atoms with Gasteiger partial charge in [-0.2, -0.15) is 0 Å². The lowest BCUT2D eigenvalue weighted by Crippen LogP contribution is -2.29. The van der Waals surface area contributed by atoms with Crippen molar-refractivity contribution in [1.82, 2.24) is 0 Å². The maximum Gasteiger partial charge on any atom is 0.0714 e. The molecular formula is C70H51N. The number of hydrogen-bond donors (Lipinski definition) is 0. The fourth-order valence-corrected chi connectivity index (χ4v) is 11.8. The van der Waals surface area contributed by atoms with E-state index in [9.17, 15) is 0 Å². The Bertz CT molecular complexity index is 3570. The van der Waals surface area contributed by atoms with Gasteiger partial charge in [-0.1, -0.05) is 257 Å². The van der Waals surface area contributed by atoms with Crippen LogP contribution in [0.25, 0.3) is 57.7 Å². The molecule has 0 saturated heterocycles. The lowest BCUT2D eigenvalue weighted by molar-refractivity contribution is 0.767. The molecule has 12 rings (SSSR count). The van der Waals surface area contributed by atoms with Crippen LogP contribution in [0, 0.1) is 0 Å². The zero-order valence-electron chi connectivity index (χ0n) is 39.6. The van der Waals surface area contributed by atoms with Gasteiger partial charge in [0.05, 0.1) is 16.5 Å². The minimum absolute atomic E-state index is 0.631. The molecule has 0 bridgehead atoms. The second kappa shape index (κ2) is 17.5. The third-order valence-corrected chi connectivity index (χ3v) is 15.1. The monoisotopic (exact) mass is 905 g/mol. The number of fused-ring (bicyclic) bond motifs is 6. The standard InChI is InChI=1S/C70H51N/c1-5-48-25-35-54(36-26-48)69(55-37-27-49(6-2)28-38-55)64-22-15-13-20-62(64)68-65(69)23-16-24-67(68)71(58-43-33-53(34-44-58)52-17-10-9-11-18-52)59-45-46-61-60-19-12-14-21-63(60)70(66(61)47-59,56-39-29-50(7-3)30-40-56)57-41-31-51(8-4)32-42-57/h5-47H,1-4H2. The lowest BCUT2D eigenvalue weighted by Gasteiger charge is -2.36. The molecule has 0 aliphatic heterocycles. The van der Waals surface area contributed by atoms with E-state index < -0.39 is 10.8 Å². The molecule has 0 spiro atoms. The van der Waals surface area contributed by atoms with Crippen LogP contribution < -0.4 is 4.90 Å². The quantitative estimate of drug-likeness (QED) is 0.118. The Morgan fingerprint density at radius 1 is 0.296 bits per heavy atom. The van der Waals surface area contributed by atoms with Crippen molar-refractivity contribution in [3.05, 3.63) is 330 Å². The lowest BCUT2D eigenvalue weighted by atomic mass is 9.67. The minimum Gasteiger partial charge on any atom is -0.310 e. The molecule has 0 atom stereocenters. The van der Waals surface area contributed by atoms with Crippen molar-refractivity contribution in [2.45, 2.75) is 10.8 Å². The maximum atomic E-state index is 4.11. The number of hydrogen-bond acceptors (Lipinski definition) is 1. The average molecular weight is 906 g/mol. The van der Waals surface area contributed by atoms with E-state index in [1.807, 2.05) is 24.3 Å². The first kappa shape index (κ1) is 43.3. The smallest absolute Gasteiger partial charge is 0.0714 e. The molecule has 0 amide bonds. The van der Waals surface area contributed by atoms with Crippen LogP contribution in [-0.2, 0) is 10.8 Å². The Hall–Kier alpha value is -9.04. The third kappa shape index (κ3) is 6.69. The molecule has 2 aliphatic carbocycles. The van der Waals surface area contributed by atoms with Crippen molar-refractivity contribution in [3.63, 3.8) is 0 Å². The molecular weight excluding hydrogens is 855 g/mol. The average Bonchev–Trinajstić information content (AvgIpc) is 3.92. The molecule has 71 heavy (non-hydrogen) atoms. The fourth-order valence-electron chi connectivity index (χ4n) is 11.8. The highest BCUT2D eigenvalue weighted by Crippen LogP contribution is 2.61. The number of anilines is 3. The van der Waals surface area contributed by atoms with Crippen molar-refractivity contribution >= 4 is 41.4 Å². The van der Waals surface area contributed by atoms with E-state index in [4.69, 9.17) is 0 Å². The van der Waals surface area contributed by atoms with Gasteiger partial charge in [0, 0.05) is 16.9 Å². The van der Waals surface area contributed by atoms with E-state index >= 15 is 0 Å². The molecule has 0 radical (unpaired) electrons. The molecule has 1 heteroatoms. The summed E-state index contributed by atoms with van der Waals surface area (Å²) in [6.07, 6.45) is 7.67. The molecule has 0 aromatic heterocycles. The Morgan fingerprint density at radius 3 is 1.20 bits per heavy atom. The van der Waals surface area contributed by atoms with Gasteiger partial charge in [-0.05, 0) is 125 Å². The summed E-state index contributed by atoms with van der Waals surface area (Å²) < 4.78 is 0. The van der Waals surface area contributed by atoms with Gasteiger partial charge < -0.3 is 4.90 Å². The number of rotatable bonds is 12. The summed E-state index contributed by atoms with van der Waals surface area (Å²) >= 11 is 0. The molecule has 2 aliphatic rings. The highest BCUT2D eigenvalue weighted by molar-refractivity contribution is 5.98. The Kier molecular flexibility index (Phi) is 10.7. The molecule has 10 aromatic carbocycles. The summed E-state index contributed by atoms with van der Waals surface area (Å²) in [5.74, 6) is 0. The van der Waals surface area contributed by atoms with Gasteiger partial charge in [-0.15, -0.1) is 0 Å². The highest BCUT2D eigenvalue weighted by atomic mass is 15.1. The van der Waals surface area contributed by atoms with Crippen molar-refractivity contribution in [2.75, 3.05) is 4.90 Å². The predicted molar refractivity (Wildman–Crippen MR) is 302 cm³/mol. The second-order valence-electron chi connectivity index (χ2n) is 18.6. The first-order chi connectivity index (χ1) is 35.0. The molecule has 0 N–H and O–H groups in total. The first-order valence-electron chi connectivity index (χ1n) is 24.4. The largest absolute Gasteiger partial charge is 0.310 e. The Morgan fingerprint density at radius 2 is 0.690 bits per heavy atom. The third-order valence-electron chi connectivity index (χ3n) is 15.1. The second-order valence-corrected chi connectivity index (χ2v) is 18.6. The van der Waals surface area contributed by atoms with E-state index in [1.54, 1.807) is 0 Å². The maximum absolute atomic E-state index is 4.11. The van der Waals surface area contributed by atoms with E-state index in [0.717, 1.165) is 44.9 Å². The zero-order valence-corrected chi connectivity index (χ0v) is 39.6. The van der Waals surface area contributed by atoms with Gasteiger partial charge in [-0.3, -0.25) is 0 Å². The Labute approximate surface area is 418 Å². The van der Waals surface area contributed by atoms with E-state index in [0.29, 0.717) is 0 Å². The van der Waals surface area contributed by atoms with E-state index in [1.165, 1.54) is 72.3 Å². The minimum atomic E-state index is -0.639. The van der Waals surface area contributed by atoms with Crippen LogP contribution in [0.1, 0.15) is 66.8 Å². The normalized spacial score (nSPS) is 13.2.